The van der Waals surface area contributed by atoms with Crippen LogP contribution in [0.3, 0.4) is 0 Å². The van der Waals surface area contributed by atoms with Gasteiger partial charge in [0.2, 0.25) is 5.91 Å². The number of amides is 1. The molecule has 0 aliphatic carbocycles. The van der Waals surface area contributed by atoms with Crippen molar-refractivity contribution < 1.29 is 4.79 Å². The summed E-state index contributed by atoms with van der Waals surface area (Å²) >= 11 is 0. The van der Waals surface area contributed by atoms with E-state index < -0.39 is 0 Å². The van der Waals surface area contributed by atoms with Crippen molar-refractivity contribution in [1.29, 1.82) is 0 Å². The molecule has 0 saturated carbocycles. The van der Waals surface area contributed by atoms with E-state index in [1.807, 2.05) is 17.8 Å². The van der Waals surface area contributed by atoms with Gasteiger partial charge < -0.3 is 10.6 Å². The molecule has 0 bridgehead atoms. The van der Waals surface area contributed by atoms with Crippen LogP contribution in [0.4, 0.5) is 5.69 Å². The quantitative estimate of drug-likeness (QED) is 0.886. The summed E-state index contributed by atoms with van der Waals surface area (Å²) in [6, 6.07) is 1.88. The molecule has 1 aliphatic heterocycles. The van der Waals surface area contributed by atoms with Crippen molar-refractivity contribution in [2.24, 2.45) is 0 Å². The molecule has 2 N–H and O–H groups in total. The van der Waals surface area contributed by atoms with Gasteiger partial charge in [-0.1, -0.05) is 0 Å². The van der Waals surface area contributed by atoms with Crippen LogP contribution in [0, 0.1) is 0 Å². The molecule has 2 aromatic rings. The highest BCUT2D eigenvalue weighted by atomic mass is 16.2. The fourth-order valence-corrected chi connectivity index (χ4v) is 2.55. The molecule has 1 aliphatic rings. The second-order valence-corrected chi connectivity index (χ2v) is 5.34. The van der Waals surface area contributed by atoms with Gasteiger partial charge in [0.25, 0.3) is 0 Å². The lowest BCUT2D eigenvalue weighted by molar-refractivity contribution is -0.119. The summed E-state index contributed by atoms with van der Waals surface area (Å²) in [7, 11) is 0. The number of rotatable bonds is 4. The van der Waals surface area contributed by atoms with Gasteiger partial charge in [0.15, 0.2) is 0 Å². The van der Waals surface area contributed by atoms with Crippen molar-refractivity contribution in [2.75, 3.05) is 18.4 Å². The monoisotopic (exact) mass is 288 g/mol. The van der Waals surface area contributed by atoms with E-state index in [-0.39, 0.29) is 11.9 Å². The topological polar surface area (TPSA) is 76.8 Å². The molecule has 0 radical (unpaired) electrons. The average Bonchev–Trinajstić information content (AvgIpc) is 3.19. The van der Waals surface area contributed by atoms with Crippen LogP contribution >= 0.6 is 0 Å². The molecule has 112 valence electrons. The van der Waals surface area contributed by atoms with Gasteiger partial charge >= 0.3 is 0 Å². The maximum atomic E-state index is 12.2. The largest absolute Gasteiger partial charge is 0.322 e. The Kier molecular flexibility index (Phi) is 4.01. The van der Waals surface area contributed by atoms with Crippen LogP contribution in [-0.4, -0.2) is 38.6 Å². The standard InChI is InChI=1S/C14H20N6O/c1-11(19-8-2-5-16-19)14(21)18-12-9-17-20(10-12)13-3-6-15-7-4-13/h2,5,8-11,13,15H,3-4,6-7H2,1H3,(H,18,21). The minimum absolute atomic E-state index is 0.0939. The minimum atomic E-state index is -0.345. The number of nitrogens with one attached hydrogen (secondary N) is 2. The molecular formula is C14H20N6O. The lowest BCUT2D eigenvalue weighted by Crippen LogP contribution is -2.29. The van der Waals surface area contributed by atoms with Crippen LogP contribution in [0.1, 0.15) is 31.8 Å². The zero-order valence-corrected chi connectivity index (χ0v) is 12.1. The lowest BCUT2D eigenvalue weighted by Gasteiger charge is -2.22. The number of piperidine rings is 1. The Bertz CT molecular complexity index is 584. The summed E-state index contributed by atoms with van der Waals surface area (Å²) in [5, 5.41) is 14.7. The molecule has 21 heavy (non-hydrogen) atoms. The van der Waals surface area contributed by atoms with E-state index in [9.17, 15) is 4.79 Å². The molecule has 1 amide bonds. The molecule has 0 aromatic carbocycles. The van der Waals surface area contributed by atoms with Crippen LogP contribution in [0.25, 0.3) is 0 Å². The van der Waals surface area contributed by atoms with Gasteiger partial charge in [0.05, 0.1) is 17.9 Å². The van der Waals surface area contributed by atoms with Gasteiger partial charge in [0.1, 0.15) is 6.04 Å². The number of carbonyl (C=O) groups excluding carboxylic acids is 1. The fraction of sp³-hybridized carbons (Fsp3) is 0.500. The average molecular weight is 288 g/mol. The highest BCUT2D eigenvalue weighted by Crippen LogP contribution is 2.20. The fourth-order valence-electron chi connectivity index (χ4n) is 2.55. The van der Waals surface area contributed by atoms with Crippen molar-refractivity contribution in [3.63, 3.8) is 0 Å². The Morgan fingerprint density at radius 1 is 1.43 bits per heavy atom. The maximum absolute atomic E-state index is 12.2. The third-order valence-corrected chi connectivity index (χ3v) is 3.85. The Morgan fingerprint density at radius 3 is 2.95 bits per heavy atom. The van der Waals surface area contributed by atoms with E-state index in [0.717, 1.165) is 31.6 Å². The molecule has 0 spiro atoms. The first-order valence-corrected chi connectivity index (χ1v) is 7.29. The number of hydrogen-bond donors (Lipinski definition) is 2. The third kappa shape index (κ3) is 3.13. The lowest BCUT2D eigenvalue weighted by atomic mass is 10.1. The Hall–Kier alpha value is -2.15. The summed E-state index contributed by atoms with van der Waals surface area (Å²) in [5.74, 6) is -0.0939. The molecule has 3 heterocycles. The maximum Gasteiger partial charge on any atom is 0.249 e. The first kappa shape index (κ1) is 13.8. The summed E-state index contributed by atoms with van der Waals surface area (Å²) in [6.07, 6.45) is 9.19. The smallest absolute Gasteiger partial charge is 0.249 e. The van der Waals surface area contributed by atoms with Crippen LogP contribution in [0.2, 0.25) is 0 Å². The highest BCUT2D eigenvalue weighted by Gasteiger charge is 2.18. The van der Waals surface area contributed by atoms with Gasteiger partial charge in [0, 0.05) is 18.6 Å². The van der Waals surface area contributed by atoms with Gasteiger partial charge in [-0.3, -0.25) is 14.2 Å². The predicted octanol–water partition coefficient (Wildman–Crippen LogP) is 1.20. The van der Waals surface area contributed by atoms with Crippen molar-refractivity contribution in [1.82, 2.24) is 24.9 Å². The summed E-state index contributed by atoms with van der Waals surface area (Å²) < 4.78 is 3.58. The third-order valence-electron chi connectivity index (χ3n) is 3.85. The van der Waals surface area contributed by atoms with E-state index >= 15 is 0 Å². The molecule has 1 unspecified atom stereocenters. The number of carbonyl (C=O) groups is 1. The van der Waals surface area contributed by atoms with Gasteiger partial charge in [-0.05, 0) is 38.9 Å². The molecule has 7 heteroatoms. The molecule has 1 saturated heterocycles. The summed E-state index contributed by atoms with van der Waals surface area (Å²) in [5.41, 5.74) is 0.734. The van der Waals surface area contributed by atoms with Crippen LogP contribution in [-0.2, 0) is 4.79 Å². The number of anilines is 1. The van der Waals surface area contributed by atoms with Crippen LogP contribution in [0.15, 0.2) is 30.9 Å². The zero-order valence-electron chi connectivity index (χ0n) is 12.1. The summed E-state index contributed by atoms with van der Waals surface area (Å²) in [6.45, 7) is 3.85. The zero-order chi connectivity index (χ0) is 14.7. The minimum Gasteiger partial charge on any atom is -0.322 e. The summed E-state index contributed by atoms with van der Waals surface area (Å²) in [4.78, 5) is 12.2. The number of hydrogen-bond acceptors (Lipinski definition) is 4. The van der Waals surface area contributed by atoms with Crippen molar-refractivity contribution >= 4 is 11.6 Å². The Balaban J connectivity index is 1.62. The second kappa shape index (κ2) is 6.09. The normalized spacial score (nSPS) is 17.6. The molecule has 1 atom stereocenters. The van der Waals surface area contributed by atoms with Crippen LogP contribution < -0.4 is 10.6 Å². The van der Waals surface area contributed by atoms with E-state index in [0.29, 0.717) is 6.04 Å². The molecule has 7 nitrogen and oxygen atoms in total. The number of aromatic nitrogens is 4. The molecule has 3 rings (SSSR count). The van der Waals surface area contributed by atoms with Gasteiger partial charge in [-0.25, -0.2) is 0 Å². The van der Waals surface area contributed by atoms with E-state index in [2.05, 4.69) is 20.8 Å². The van der Waals surface area contributed by atoms with E-state index in [4.69, 9.17) is 0 Å². The Labute approximate surface area is 123 Å². The predicted molar refractivity (Wildman–Crippen MR) is 78.9 cm³/mol. The van der Waals surface area contributed by atoms with Gasteiger partial charge in [-0.15, -0.1) is 0 Å². The highest BCUT2D eigenvalue weighted by molar-refractivity contribution is 5.93. The van der Waals surface area contributed by atoms with Crippen molar-refractivity contribution in [2.45, 2.75) is 31.8 Å². The molecular weight excluding hydrogens is 268 g/mol. The molecule has 2 aromatic heterocycles. The number of nitrogens with zero attached hydrogens (tertiary/aromatic N) is 4. The molecule has 1 fully saturated rings. The SMILES string of the molecule is CC(C(=O)Nc1cnn(C2CCNCC2)c1)n1cccn1. The van der Waals surface area contributed by atoms with E-state index in [1.54, 1.807) is 29.3 Å². The Morgan fingerprint density at radius 2 is 2.24 bits per heavy atom. The van der Waals surface area contributed by atoms with Crippen LogP contribution in [0.5, 0.6) is 0 Å². The van der Waals surface area contributed by atoms with Gasteiger partial charge in [-0.2, -0.15) is 10.2 Å². The van der Waals surface area contributed by atoms with Crippen molar-refractivity contribution in [3.05, 3.63) is 30.9 Å². The van der Waals surface area contributed by atoms with Crippen molar-refractivity contribution in [3.8, 4) is 0 Å². The van der Waals surface area contributed by atoms with E-state index in [1.165, 1.54) is 0 Å². The first-order valence-electron chi connectivity index (χ1n) is 7.29. The second-order valence-electron chi connectivity index (χ2n) is 5.34. The first-order chi connectivity index (χ1) is 10.2.